The Balaban J connectivity index is 0. The predicted octanol–water partition coefficient (Wildman–Crippen LogP) is 2.18. The smallest absolute Gasteiger partial charge is 0.135 e. The van der Waals surface area contributed by atoms with E-state index in [1.54, 1.807) is 12.2 Å². The molecule has 0 amide bonds. The average Bonchev–Trinajstić information content (AvgIpc) is 1.85. The van der Waals surface area contributed by atoms with Crippen LogP contribution < -0.4 is 0 Å². The molecule has 0 aliphatic carbocycles. The Labute approximate surface area is 75.0 Å². The van der Waals surface area contributed by atoms with Gasteiger partial charge in [0.2, 0.25) is 0 Å². The fourth-order valence-electron chi connectivity index (χ4n) is 0.268. The zero-order chi connectivity index (χ0) is 7.11. The van der Waals surface area contributed by atoms with Crippen molar-refractivity contribution in [3.05, 3.63) is 25.3 Å². The van der Waals surface area contributed by atoms with Crippen LogP contribution in [0, 0.1) is 0 Å². The van der Waals surface area contributed by atoms with Crippen LogP contribution in [0.5, 0.6) is 0 Å². The lowest BCUT2D eigenvalue weighted by molar-refractivity contribution is 0.612. The van der Waals surface area contributed by atoms with Gasteiger partial charge in [-0.25, -0.2) is 0 Å². The molecule has 60 valence electrons. The normalized spacial score (nSPS) is 11.3. The SMILES string of the molecule is C=CCS[S+]([O-])CC=C.Cl. The Kier molecular flexibility index (Phi) is 12.3. The molecule has 1 nitrogen and oxygen atoms in total. The first kappa shape index (κ1) is 13.1. The highest BCUT2D eigenvalue weighted by atomic mass is 35.5. The van der Waals surface area contributed by atoms with E-state index >= 15 is 0 Å². The number of halogens is 1. The summed E-state index contributed by atoms with van der Waals surface area (Å²) in [4.78, 5) is 0. The van der Waals surface area contributed by atoms with Gasteiger partial charge in [-0.05, 0) is 6.08 Å². The van der Waals surface area contributed by atoms with Gasteiger partial charge in [-0.1, -0.05) is 12.7 Å². The first-order chi connectivity index (χ1) is 4.31. The molecule has 0 aromatic rings. The van der Waals surface area contributed by atoms with E-state index < -0.39 is 10.2 Å². The highest BCUT2D eigenvalue weighted by Gasteiger charge is 2.01. The van der Waals surface area contributed by atoms with Gasteiger partial charge in [-0.2, -0.15) is 0 Å². The highest BCUT2D eigenvalue weighted by molar-refractivity contribution is 8.72. The molecule has 0 radical (unpaired) electrons. The number of hydrogen-bond acceptors (Lipinski definition) is 2. The summed E-state index contributed by atoms with van der Waals surface area (Å²) < 4.78 is 10.8. The van der Waals surface area contributed by atoms with Crippen molar-refractivity contribution in [1.82, 2.24) is 0 Å². The van der Waals surface area contributed by atoms with Crippen LogP contribution in [0.15, 0.2) is 25.3 Å². The van der Waals surface area contributed by atoms with E-state index in [0.29, 0.717) is 5.75 Å². The van der Waals surface area contributed by atoms with Crippen LogP contribution in [-0.2, 0) is 10.2 Å². The third-order valence-corrected chi connectivity index (χ3v) is 3.32. The molecule has 4 heteroatoms. The summed E-state index contributed by atoms with van der Waals surface area (Å²) in [6, 6.07) is 0. The monoisotopic (exact) mass is 198 g/mol. The number of hydrogen-bond donors (Lipinski definition) is 0. The second-order valence-corrected chi connectivity index (χ2v) is 4.66. The topological polar surface area (TPSA) is 23.1 Å². The molecular weight excluding hydrogens is 188 g/mol. The molecule has 0 bridgehead atoms. The Morgan fingerprint density at radius 2 is 2.00 bits per heavy atom. The maximum atomic E-state index is 10.8. The van der Waals surface area contributed by atoms with Crippen LogP contribution in [0.2, 0.25) is 0 Å². The average molecular weight is 199 g/mol. The Hall–Kier alpha value is 0.430. The van der Waals surface area contributed by atoms with Gasteiger partial charge in [-0.3, -0.25) is 0 Å². The van der Waals surface area contributed by atoms with Gasteiger partial charge < -0.3 is 4.55 Å². The molecule has 0 saturated carbocycles. The van der Waals surface area contributed by atoms with Crippen molar-refractivity contribution >= 4 is 33.4 Å². The van der Waals surface area contributed by atoms with Crippen molar-refractivity contribution < 1.29 is 4.55 Å². The lowest BCUT2D eigenvalue weighted by Crippen LogP contribution is -1.97. The van der Waals surface area contributed by atoms with E-state index in [-0.39, 0.29) is 12.4 Å². The predicted molar refractivity (Wildman–Crippen MR) is 53.1 cm³/mol. The van der Waals surface area contributed by atoms with Gasteiger partial charge in [0.1, 0.15) is 5.75 Å². The summed E-state index contributed by atoms with van der Waals surface area (Å²) in [6.45, 7) is 6.99. The zero-order valence-corrected chi connectivity index (χ0v) is 8.07. The summed E-state index contributed by atoms with van der Waals surface area (Å²) >= 11 is 0. The van der Waals surface area contributed by atoms with Crippen LogP contribution >= 0.6 is 23.2 Å². The molecule has 0 aliphatic heterocycles. The Bertz CT molecular complexity index is 97.7. The van der Waals surface area contributed by atoms with Crippen LogP contribution in [0.3, 0.4) is 0 Å². The minimum Gasteiger partial charge on any atom is -0.605 e. The lowest BCUT2D eigenvalue weighted by atomic mass is 10.8. The van der Waals surface area contributed by atoms with Crippen LogP contribution in [0.1, 0.15) is 0 Å². The molecule has 0 aromatic heterocycles. The van der Waals surface area contributed by atoms with Gasteiger partial charge in [0.05, 0.1) is 16.5 Å². The third kappa shape index (κ3) is 8.43. The molecule has 0 spiro atoms. The molecule has 1 unspecified atom stereocenters. The molecule has 0 saturated heterocycles. The van der Waals surface area contributed by atoms with Crippen molar-refractivity contribution in [3.8, 4) is 0 Å². The van der Waals surface area contributed by atoms with Gasteiger partial charge in [0.25, 0.3) is 0 Å². The van der Waals surface area contributed by atoms with E-state index in [1.165, 1.54) is 10.8 Å². The highest BCUT2D eigenvalue weighted by Crippen LogP contribution is 2.12. The van der Waals surface area contributed by atoms with E-state index in [1.807, 2.05) is 0 Å². The minimum absolute atomic E-state index is 0. The van der Waals surface area contributed by atoms with Crippen molar-refractivity contribution in [1.29, 1.82) is 0 Å². The van der Waals surface area contributed by atoms with E-state index in [9.17, 15) is 4.55 Å². The summed E-state index contributed by atoms with van der Waals surface area (Å²) in [5.74, 6) is 1.32. The second-order valence-electron chi connectivity index (χ2n) is 1.33. The van der Waals surface area contributed by atoms with Gasteiger partial charge in [0, 0.05) is 10.2 Å². The fourth-order valence-corrected chi connectivity index (χ4v) is 2.13. The maximum Gasteiger partial charge on any atom is 0.135 e. The van der Waals surface area contributed by atoms with Crippen LogP contribution in [0.4, 0.5) is 0 Å². The fraction of sp³-hybridized carbons (Fsp3) is 0.333. The van der Waals surface area contributed by atoms with Crippen LogP contribution in [0.25, 0.3) is 0 Å². The molecular formula is C6H11ClOS2. The molecule has 0 aliphatic rings. The van der Waals surface area contributed by atoms with Crippen molar-refractivity contribution in [3.63, 3.8) is 0 Å². The Morgan fingerprint density at radius 3 is 2.40 bits per heavy atom. The minimum atomic E-state index is -0.793. The standard InChI is InChI=1S/C6H10OS2.ClH/c1-3-5-8-9(7)6-4-2;/h3-4H,1-2,5-6H2;1H. The molecule has 10 heavy (non-hydrogen) atoms. The van der Waals surface area contributed by atoms with Gasteiger partial charge in [-0.15, -0.1) is 19.0 Å². The Morgan fingerprint density at radius 1 is 1.40 bits per heavy atom. The molecule has 1 atom stereocenters. The third-order valence-electron chi connectivity index (χ3n) is 0.571. The summed E-state index contributed by atoms with van der Waals surface area (Å²) in [7, 11) is 0.591. The quantitative estimate of drug-likeness (QED) is 0.384. The van der Waals surface area contributed by atoms with Crippen molar-refractivity contribution in [2.75, 3.05) is 11.5 Å². The molecule has 0 heterocycles. The first-order valence-electron chi connectivity index (χ1n) is 2.54. The second kappa shape index (κ2) is 9.43. The summed E-state index contributed by atoms with van der Waals surface area (Å²) in [6.07, 6.45) is 3.40. The molecule has 0 aromatic carbocycles. The van der Waals surface area contributed by atoms with E-state index in [0.717, 1.165) is 5.75 Å². The van der Waals surface area contributed by atoms with E-state index in [2.05, 4.69) is 13.2 Å². The summed E-state index contributed by atoms with van der Waals surface area (Å²) in [5, 5.41) is 0. The number of rotatable bonds is 5. The summed E-state index contributed by atoms with van der Waals surface area (Å²) in [5.41, 5.74) is 0. The van der Waals surface area contributed by atoms with Crippen LogP contribution in [-0.4, -0.2) is 16.1 Å². The first-order valence-corrected chi connectivity index (χ1v) is 5.37. The maximum absolute atomic E-state index is 10.8. The lowest BCUT2D eigenvalue weighted by Gasteiger charge is -2.02. The largest absolute Gasteiger partial charge is 0.605 e. The zero-order valence-electron chi connectivity index (χ0n) is 5.62. The molecule has 0 fully saturated rings. The molecule has 0 N–H and O–H groups in total. The van der Waals surface area contributed by atoms with E-state index in [4.69, 9.17) is 0 Å². The van der Waals surface area contributed by atoms with Crippen molar-refractivity contribution in [2.45, 2.75) is 0 Å². The van der Waals surface area contributed by atoms with Crippen molar-refractivity contribution in [2.24, 2.45) is 0 Å². The molecule has 0 rings (SSSR count). The van der Waals surface area contributed by atoms with Gasteiger partial charge in [0.15, 0.2) is 0 Å². The van der Waals surface area contributed by atoms with Gasteiger partial charge >= 0.3 is 0 Å².